The minimum Gasteiger partial charge on any atom is -0.310 e. The first kappa shape index (κ1) is 15.5. The maximum Gasteiger partial charge on any atom is 0.230 e. The fourth-order valence-corrected chi connectivity index (χ4v) is 3.53. The highest BCUT2D eigenvalue weighted by molar-refractivity contribution is 5.95. The van der Waals surface area contributed by atoms with Crippen LogP contribution in [0.25, 0.3) is 0 Å². The number of hydrogen-bond acceptors (Lipinski definition) is 2. The minimum atomic E-state index is 0.193. The molecule has 0 atom stereocenters. The molecule has 22 heavy (non-hydrogen) atoms. The molecule has 1 aromatic carbocycles. The summed E-state index contributed by atoms with van der Waals surface area (Å²) in [6.45, 7) is 8.49. The van der Waals surface area contributed by atoms with Gasteiger partial charge in [0.25, 0.3) is 0 Å². The van der Waals surface area contributed by atoms with Crippen LogP contribution in [-0.2, 0) is 4.79 Å². The van der Waals surface area contributed by atoms with Gasteiger partial charge in [-0.2, -0.15) is 0 Å². The van der Waals surface area contributed by atoms with E-state index in [0.717, 1.165) is 37.7 Å². The van der Waals surface area contributed by atoms with E-state index in [1.165, 1.54) is 18.4 Å². The van der Waals surface area contributed by atoms with Gasteiger partial charge in [-0.15, -0.1) is 0 Å². The van der Waals surface area contributed by atoms with Crippen molar-refractivity contribution in [2.75, 3.05) is 18.0 Å². The third-order valence-electron chi connectivity index (χ3n) is 5.01. The van der Waals surface area contributed by atoms with Gasteiger partial charge in [-0.1, -0.05) is 17.7 Å². The second-order valence-corrected chi connectivity index (χ2v) is 7.18. The number of hydrogen-bond donors (Lipinski definition) is 0. The van der Waals surface area contributed by atoms with Gasteiger partial charge in [-0.3, -0.25) is 4.79 Å². The monoisotopic (exact) mass is 300 g/mol. The van der Waals surface area contributed by atoms with Gasteiger partial charge < -0.3 is 9.80 Å². The molecule has 1 saturated carbocycles. The number of benzene rings is 1. The number of carbonyl (C=O) groups is 1. The Balaban J connectivity index is 1.68. The predicted molar refractivity (Wildman–Crippen MR) is 91.1 cm³/mol. The summed E-state index contributed by atoms with van der Waals surface area (Å²) in [7, 11) is 0. The van der Waals surface area contributed by atoms with Crippen LogP contribution in [0.15, 0.2) is 24.3 Å². The number of amides is 1. The standard InChI is InChI=1S/C19H28N2O/c1-14(2)21(18-6-4-15(3)5-7-18)19(22)16-10-12-20(13-11-16)17-8-9-17/h4-7,14,16-17H,8-13H2,1-3H3. The van der Waals surface area contributed by atoms with Crippen LogP contribution < -0.4 is 4.90 Å². The third kappa shape index (κ3) is 3.35. The van der Waals surface area contributed by atoms with E-state index in [0.29, 0.717) is 5.91 Å². The van der Waals surface area contributed by atoms with Crippen LogP contribution in [0.4, 0.5) is 5.69 Å². The zero-order valence-corrected chi connectivity index (χ0v) is 14.1. The van der Waals surface area contributed by atoms with Crippen LogP contribution in [0, 0.1) is 12.8 Å². The molecule has 3 rings (SSSR count). The summed E-state index contributed by atoms with van der Waals surface area (Å²) >= 11 is 0. The fraction of sp³-hybridized carbons (Fsp3) is 0.632. The minimum absolute atomic E-state index is 0.193. The molecule has 1 saturated heterocycles. The number of anilines is 1. The van der Waals surface area contributed by atoms with Crippen molar-refractivity contribution in [1.82, 2.24) is 4.90 Å². The summed E-state index contributed by atoms with van der Waals surface area (Å²) in [4.78, 5) is 17.6. The fourth-order valence-electron chi connectivity index (χ4n) is 3.53. The molecule has 0 unspecified atom stereocenters. The van der Waals surface area contributed by atoms with Crippen LogP contribution in [-0.4, -0.2) is 36.0 Å². The molecule has 1 aromatic rings. The Bertz CT molecular complexity index is 511. The molecule has 0 aromatic heterocycles. The number of nitrogens with zero attached hydrogens (tertiary/aromatic N) is 2. The maximum atomic E-state index is 13.0. The Hall–Kier alpha value is -1.35. The van der Waals surface area contributed by atoms with Crippen LogP contribution >= 0.6 is 0 Å². The molecule has 1 aliphatic heterocycles. The van der Waals surface area contributed by atoms with Gasteiger partial charge in [-0.05, 0) is 71.7 Å². The Morgan fingerprint density at radius 1 is 1.09 bits per heavy atom. The van der Waals surface area contributed by atoms with Crippen LogP contribution in [0.1, 0.15) is 45.1 Å². The summed E-state index contributed by atoms with van der Waals surface area (Å²) in [5.74, 6) is 0.507. The largest absolute Gasteiger partial charge is 0.310 e. The summed E-state index contributed by atoms with van der Waals surface area (Å²) in [6.07, 6.45) is 4.76. The summed E-state index contributed by atoms with van der Waals surface area (Å²) in [5, 5.41) is 0. The van der Waals surface area contributed by atoms with Crippen LogP contribution in [0.3, 0.4) is 0 Å². The Morgan fingerprint density at radius 2 is 1.68 bits per heavy atom. The molecule has 0 N–H and O–H groups in total. The van der Waals surface area contributed by atoms with E-state index in [1.807, 2.05) is 4.90 Å². The second-order valence-electron chi connectivity index (χ2n) is 7.18. The molecule has 120 valence electrons. The van der Waals surface area contributed by atoms with E-state index in [4.69, 9.17) is 0 Å². The van der Waals surface area contributed by atoms with Gasteiger partial charge in [0.15, 0.2) is 0 Å². The third-order valence-corrected chi connectivity index (χ3v) is 5.01. The molecule has 2 fully saturated rings. The van der Waals surface area contributed by atoms with Crippen LogP contribution in [0.5, 0.6) is 0 Å². The summed E-state index contributed by atoms with van der Waals surface area (Å²) in [6, 6.07) is 9.37. The summed E-state index contributed by atoms with van der Waals surface area (Å²) in [5.41, 5.74) is 2.27. The highest BCUT2D eigenvalue weighted by Crippen LogP contribution is 2.32. The lowest BCUT2D eigenvalue weighted by Crippen LogP contribution is -2.45. The average Bonchev–Trinajstić information content (AvgIpc) is 3.34. The van der Waals surface area contributed by atoms with Crippen molar-refractivity contribution >= 4 is 11.6 Å². The Kier molecular flexibility index (Phi) is 4.53. The lowest BCUT2D eigenvalue weighted by molar-refractivity contribution is -0.124. The van der Waals surface area contributed by atoms with E-state index in [9.17, 15) is 4.79 Å². The molecule has 0 spiro atoms. The van der Waals surface area contributed by atoms with E-state index in [2.05, 4.69) is 49.9 Å². The Labute approximate surface area is 134 Å². The number of likely N-dealkylation sites (tertiary alicyclic amines) is 1. The lowest BCUT2D eigenvalue weighted by atomic mass is 9.94. The number of rotatable bonds is 4. The second kappa shape index (κ2) is 6.41. The topological polar surface area (TPSA) is 23.6 Å². The highest BCUT2D eigenvalue weighted by atomic mass is 16.2. The summed E-state index contributed by atoms with van der Waals surface area (Å²) < 4.78 is 0. The number of aryl methyl sites for hydroxylation is 1. The van der Waals surface area contributed by atoms with E-state index in [1.54, 1.807) is 0 Å². The van der Waals surface area contributed by atoms with Gasteiger partial charge in [-0.25, -0.2) is 0 Å². The van der Waals surface area contributed by atoms with Crippen molar-refractivity contribution in [3.63, 3.8) is 0 Å². The van der Waals surface area contributed by atoms with Crippen molar-refractivity contribution < 1.29 is 4.79 Å². The van der Waals surface area contributed by atoms with E-state index < -0.39 is 0 Å². The van der Waals surface area contributed by atoms with Crippen molar-refractivity contribution in [2.24, 2.45) is 5.92 Å². The van der Waals surface area contributed by atoms with E-state index >= 15 is 0 Å². The molecule has 0 radical (unpaired) electrons. The van der Waals surface area contributed by atoms with Gasteiger partial charge in [0.1, 0.15) is 0 Å². The maximum absolute atomic E-state index is 13.0. The smallest absolute Gasteiger partial charge is 0.230 e. The van der Waals surface area contributed by atoms with Crippen LogP contribution in [0.2, 0.25) is 0 Å². The molecule has 3 heteroatoms. The van der Waals surface area contributed by atoms with Crippen molar-refractivity contribution in [2.45, 2.75) is 58.5 Å². The quantitative estimate of drug-likeness (QED) is 0.848. The number of piperidine rings is 1. The van der Waals surface area contributed by atoms with Gasteiger partial charge in [0.2, 0.25) is 5.91 Å². The predicted octanol–water partition coefficient (Wildman–Crippen LogP) is 3.61. The van der Waals surface area contributed by atoms with Crippen molar-refractivity contribution in [3.05, 3.63) is 29.8 Å². The first-order valence-electron chi connectivity index (χ1n) is 8.70. The molecule has 1 aliphatic carbocycles. The molecular weight excluding hydrogens is 272 g/mol. The molecule has 0 bridgehead atoms. The van der Waals surface area contributed by atoms with Gasteiger partial charge in [0, 0.05) is 23.7 Å². The van der Waals surface area contributed by atoms with Crippen molar-refractivity contribution in [3.8, 4) is 0 Å². The van der Waals surface area contributed by atoms with Gasteiger partial charge >= 0.3 is 0 Å². The van der Waals surface area contributed by atoms with E-state index in [-0.39, 0.29) is 12.0 Å². The van der Waals surface area contributed by atoms with Gasteiger partial charge in [0.05, 0.1) is 0 Å². The van der Waals surface area contributed by atoms with Crippen molar-refractivity contribution in [1.29, 1.82) is 0 Å². The number of carbonyl (C=O) groups excluding carboxylic acids is 1. The first-order valence-corrected chi connectivity index (χ1v) is 8.70. The zero-order valence-electron chi connectivity index (χ0n) is 14.1. The average molecular weight is 300 g/mol. The normalized spacial score (nSPS) is 20.4. The molecule has 3 nitrogen and oxygen atoms in total. The zero-order chi connectivity index (χ0) is 15.7. The Morgan fingerprint density at radius 3 is 2.18 bits per heavy atom. The SMILES string of the molecule is Cc1ccc(N(C(=O)C2CCN(C3CC3)CC2)C(C)C)cc1. The molecule has 1 amide bonds. The molecular formula is C19H28N2O. The lowest BCUT2D eigenvalue weighted by Gasteiger charge is -2.36. The highest BCUT2D eigenvalue weighted by Gasteiger charge is 2.35. The molecule has 1 heterocycles. The first-order chi connectivity index (χ1) is 10.6. The molecule has 2 aliphatic rings.